The molecule has 2 N–H and O–H groups in total. The lowest BCUT2D eigenvalue weighted by Crippen LogP contribution is -2.12. The molecule has 0 aliphatic rings. The molecular weight excluding hydrogens is 255 g/mol. The first-order chi connectivity index (χ1) is 8.36. The maximum absolute atomic E-state index is 13.3. The van der Waals surface area contributed by atoms with Crippen LogP contribution in [0.15, 0.2) is 12.1 Å². The van der Waals surface area contributed by atoms with Gasteiger partial charge >= 0.3 is 12.6 Å². The number of alkyl halides is 2. The second-order valence-electron chi connectivity index (χ2n) is 3.11. The number of carboxylic acids is 1. The highest BCUT2D eigenvalue weighted by molar-refractivity contribution is 5.74. The van der Waals surface area contributed by atoms with Gasteiger partial charge in [-0.25, -0.2) is 9.18 Å². The minimum absolute atomic E-state index is 0.505. The van der Waals surface area contributed by atoms with Crippen LogP contribution in [-0.4, -0.2) is 22.8 Å². The lowest BCUT2D eigenvalue weighted by atomic mass is 10.1. The number of hydrogen-bond donors (Lipinski definition) is 2. The number of carboxylic acid groups (broad SMARTS) is 1. The SMILES string of the molecule is N#Cc1c(F)cc(C(O)C(=O)O)cc1OC(F)F. The van der Waals surface area contributed by atoms with Crippen LogP contribution in [0, 0.1) is 17.1 Å². The second kappa shape index (κ2) is 5.37. The molecule has 1 aromatic carbocycles. The first-order valence-electron chi connectivity index (χ1n) is 4.46. The van der Waals surface area contributed by atoms with Crippen molar-refractivity contribution >= 4 is 5.97 Å². The van der Waals surface area contributed by atoms with Crippen molar-refractivity contribution in [1.29, 1.82) is 5.26 Å². The van der Waals surface area contributed by atoms with Crippen molar-refractivity contribution < 1.29 is 32.9 Å². The number of rotatable bonds is 4. The summed E-state index contributed by atoms with van der Waals surface area (Å²) in [6.07, 6.45) is -2.10. The van der Waals surface area contributed by atoms with Gasteiger partial charge in [0.15, 0.2) is 6.10 Å². The molecule has 0 saturated carbocycles. The molecular formula is C10H6F3NO4. The fraction of sp³-hybridized carbons (Fsp3) is 0.200. The fourth-order valence-corrected chi connectivity index (χ4v) is 1.20. The third kappa shape index (κ3) is 2.89. The molecule has 0 saturated heterocycles. The summed E-state index contributed by atoms with van der Waals surface area (Å²) in [6, 6.07) is 2.54. The number of halogens is 3. The molecule has 5 nitrogen and oxygen atoms in total. The van der Waals surface area contributed by atoms with Crippen LogP contribution in [0.2, 0.25) is 0 Å². The van der Waals surface area contributed by atoms with E-state index in [0.29, 0.717) is 12.1 Å². The lowest BCUT2D eigenvalue weighted by molar-refractivity contribution is -0.146. The van der Waals surface area contributed by atoms with Gasteiger partial charge in [0.25, 0.3) is 0 Å². The normalized spacial score (nSPS) is 12.0. The average Bonchev–Trinajstić information content (AvgIpc) is 2.26. The second-order valence-corrected chi connectivity index (χ2v) is 3.11. The Labute approximate surface area is 98.6 Å². The zero-order valence-electron chi connectivity index (χ0n) is 8.60. The van der Waals surface area contributed by atoms with E-state index in [1.54, 1.807) is 0 Å². The number of nitriles is 1. The van der Waals surface area contributed by atoms with E-state index in [-0.39, 0.29) is 0 Å². The number of carbonyl (C=O) groups is 1. The summed E-state index contributed by atoms with van der Waals surface area (Å²) in [4.78, 5) is 10.5. The van der Waals surface area contributed by atoms with Crippen LogP contribution in [0.25, 0.3) is 0 Å². The standard InChI is InChI=1S/C10H6F3NO4/c11-6-1-4(8(15)9(16)17)2-7(5(6)3-14)18-10(12)13/h1-2,8,10,15H,(H,16,17). The van der Waals surface area contributed by atoms with Gasteiger partial charge in [-0.2, -0.15) is 14.0 Å². The van der Waals surface area contributed by atoms with E-state index in [1.165, 1.54) is 6.07 Å². The molecule has 0 radical (unpaired) electrons. The van der Waals surface area contributed by atoms with Crippen LogP contribution in [-0.2, 0) is 4.79 Å². The summed E-state index contributed by atoms with van der Waals surface area (Å²) in [5, 5.41) is 26.2. The van der Waals surface area contributed by atoms with Crippen LogP contribution in [0.3, 0.4) is 0 Å². The molecule has 0 spiro atoms. The van der Waals surface area contributed by atoms with Gasteiger partial charge in [-0.1, -0.05) is 0 Å². The minimum atomic E-state index is -3.31. The van der Waals surface area contributed by atoms with E-state index < -0.39 is 41.4 Å². The third-order valence-corrected chi connectivity index (χ3v) is 1.95. The molecule has 1 aromatic rings. The topological polar surface area (TPSA) is 90.5 Å². The van der Waals surface area contributed by atoms with Gasteiger partial charge in [-0.15, -0.1) is 0 Å². The Morgan fingerprint density at radius 2 is 2.06 bits per heavy atom. The minimum Gasteiger partial charge on any atom is -0.479 e. The van der Waals surface area contributed by atoms with Crippen molar-refractivity contribution in [3.05, 3.63) is 29.1 Å². The number of benzene rings is 1. The number of hydrogen-bond acceptors (Lipinski definition) is 4. The molecule has 1 unspecified atom stereocenters. The number of aliphatic carboxylic acids is 1. The van der Waals surface area contributed by atoms with Gasteiger partial charge < -0.3 is 14.9 Å². The molecule has 0 fully saturated rings. The van der Waals surface area contributed by atoms with E-state index in [9.17, 15) is 18.0 Å². The number of nitrogens with zero attached hydrogens (tertiary/aromatic N) is 1. The first kappa shape index (κ1) is 13.8. The number of aliphatic hydroxyl groups is 1. The summed E-state index contributed by atoms with van der Waals surface area (Å²) in [5.41, 5.74) is -1.30. The number of ether oxygens (including phenoxy) is 1. The summed E-state index contributed by atoms with van der Waals surface area (Å²) in [7, 11) is 0. The van der Waals surface area contributed by atoms with Gasteiger partial charge in [0.1, 0.15) is 23.2 Å². The van der Waals surface area contributed by atoms with Crippen LogP contribution >= 0.6 is 0 Å². The highest BCUT2D eigenvalue weighted by Gasteiger charge is 2.22. The Bertz CT molecular complexity index is 513. The van der Waals surface area contributed by atoms with Crippen LogP contribution in [0.4, 0.5) is 13.2 Å². The van der Waals surface area contributed by atoms with Crippen molar-refractivity contribution in [3.8, 4) is 11.8 Å². The van der Waals surface area contributed by atoms with E-state index in [1.807, 2.05) is 0 Å². The number of aliphatic hydroxyl groups excluding tert-OH is 1. The predicted molar refractivity (Wildman–Crippen MR) is 50.3 cm³/mol. The molecule has 0 heterocycles. The van der Waals surface area contributed by atoms with Crippen LogP contribution < -0.4 is 4.74 Å². The Hall–Kier alpha value is -2.27. The lowest BCUT2D eigenvalue weighted by Gasteiger charge is -2.11. The van der Waals surface area contributed by atoms with Gasteiger partial charge in [0.2, 0.25) is 0 Å². The smallest absolute Gasteiger partial charge is 0.387 e. The molecule has 1 atom stereocenters. The van der Waals surface area contributed by atoms with E-state index in [0.717, 1.165) is 0 Å². The maximum atomic E-state index is 13.3. The quantitative estimate of drug-likeness (QED) is 0.855. The van der Waals surface area contributed by atoms with Crippen molar-refractivity contribution in [2.45, 2.75) is 12.7 Å². The van der Waals surface area contributed by atoms with Crippen molar-refractivity contribution in [2.75, 3.05) is 0 Å². The average molecular weight is 261 g/mol. The van der Waals surface area contributed by atoms with Gasteiger partial charge in [-0.05, 0) is 17.7 Å². The van der Waals surface area contributed by atoms with Gasteiger partial charge in [0, 0.05) is 0 Å². The van der Waals surface area contributed by atoms with Crippen molar-refractivity contribution in [3.63, 3.8) is 0 Å². The maximum Gasteiger partial charge on any atom is 0.387 e. The highest BCUT2D eigenvalue weighted by Crippen LogP contribution is 2.28. The molecule has 0 aliphatic heterocycles. The highest BCUT2D eigenvalue weighted by atomic mass is 19.3. The summed E-state index contributed by atoms with van der Waals surface area (Å²) >= 11 is 0. The van der Waals surface area contributed by atoms with Gasteiger partial charge in [0.05, 0.1) is 0 Å². The third-order valence-electron chi connectivity index (χ3n) is 1.95. The molecule has 0 aromatic heterocycles. The van der Waals surface area contributed by atoms with E-state index in [4.69, 9.17) is 15.5 Å². The van der Waals surface area contributed by atoms with E-state index >= 15 is 0 Å². The Morgan fingerprint density at radius 1 is 1.44 bits per heavy atom. The molecule has 0 bridgehead atoms. The Balaban J connectivity index is 3.30. The molecule has 96 valence electrons. The van der Waals surface area contributed by atoms with Crippen molar-refractivity contribution in [1.82, 2.24) is 0 Å². The summed E-state index contributed by atoms with van der Waals surface area (Å²) in [6.45, 7) is -3.31. The molecule has 0 amide bonds. The van der Waals surface area contributed by atoms with Gasteiger partial charge in [-0.3, -0.25) is 0 Å². The predicted octanol–water partition coefficient (Wildman–Crippen LogP) is 1.42. The van der Waals surface area contributed by atoms with Crippen LogP contribution in [0.5, 0.6) is 5.75 Å². The molecule has 18 heavy (non-hydrogen) atoms. The zero-order valence-corrected chi connectivity index (χ0v) is 8.60. The molecule has 0 aliphatic carbocycles. The Kier molecular flexibility index (Phi) is 4.12. The summed E-state index contributed by atoms with van der Waals surface area (Å²) < 4.78 is 41.3. The molecule has 8 heteroatoms. The van der Waals surface area contributed by atoms with Crippen LogP contribution in [0.1, 0.15) is 17.2 Å². The first-order valence-corrected chi connectivity index (χ1v) is 4.46. The van der Waals surface area contributed by atoms with E-state index in [2.05, 4.69) is 4.74 Å². The zero-order chi connectivity index (χ0) is 13.9. The Morgan fingerprint density at radius 3 is 2.50 bits per heavy atom. The largest absolute Gasteiger partial charge is 0.479 e. The fourth-order valence-electron chi connectivity index (χ4n) is 1.20. The summed E-state index contributed by atoms with van der Waals surface area (Å²) in [5.74, 6) is -3.78. The molecule has 1 rings (SSSR count). The van der Waals surface area contributed by atoms with Crippen molar-refractivity contribution in [2.24, 2.45) is 0 Å². The monoisotopic (exact) mass is 261 g/mol.